The van der Waals surface area contributed by atoms with Gasteiger partial charge in [-0.05, 0) is 37.8 Å². The third-order valence-corrected chi connectivity index (χ3v) is 3.95. The summed E-state index contributed by atoms with van der Waals surface area (Å²) in [5.74, 6) is -1.18. The molecular weight excluding hydrogens is 282 g/mol. The Bertz CT molecular complexity index is 489. The van der Waals surface area contributed by atoms with Gasteiger partial charge in [-0.1, -0.05) is 36.8 Å². The van der Waals surface area contributed by atoms with E-state index < -0.39 is 12.0 Å². The summed E-state index contributed by atoms with van der Waals surface area (Å²) in [5, 5.41) is 9.17. The lowest BCUT2D eigenvalue weighted by Gasteiger charge is -2.31. The monoisotopic (exact) mass is 305 g/mol. The van der Waals surface area contributed by atoms with Gasteiger partial charge in [0.05, 0.1) is 13.2 Å². The third-order valence-electron chi connectivity index (χ3n) is 3.95. The van der Waals surface area contributed by atoms with Crippen molar-refractivity contribution in [1.82, 2.24) is 4.90 Å². The molecule has 0 saturated carbocycles. The summed E-state index contributed by atoms with van der Waals surface area (Å²) in [7, 11) is 0. The number of hydrogen-bond acceptors (Lipinski definition) is 4. The Morgan fingerprint density at radius 3 is 2.73 bits per heavy atom. The molecule has 5 nitrogen and oxygen atoms in total. The molecule has 1 aromatic carbocycles. The quantitative estimate of drug-likeness (QED) is 0.617. The van der Waals surface area contributed by atoms with Crippen LogP contribution in [0.3, 0.4) is 0 Å². The van der Waals surface area contributed by atoms with E-state index in [0.29, 0.717) is 19.6 Å². The average molecular weight is 305 g/mol. The Labute approximate surface area is 130 Å². The van der Waals surface area contributed by atoms with Gasteiger partial charge in [0, 0.05) is 0 Å². The highest BCUT2D eigenvalue weighted by atomic mass is 16.5. The zero-order valence-electron chi connectivity index (χ0n) is 12.7. The molecule has 1 fully saturated rings. The van der Waals surface area contributed by atoms with E-state index in [1.54, 1.807) is 4.90 Å². The average Bonchev–Trinajstić information content (AvgIpc) is 2.53. The molecule has 120 valence electrons. The lowest BCUT2D eigenvalue weighted by molar-refractivity contribution is -0.150. The van der Waals surface area contributed by atoms with Gasteiger partial charge in [-0.15, -0.1) is 0 Å². The summed E-state index contributed by atoms with van der Waals surface area (Å²) < 4.78 is 5.22. The third kappa shape index (κ3) is 5.15. The number of likely N-dealkylation sites (tertiary alicyclic amines) is 1. The fourth-order valence-electron chi connectivity index (χ4n) is 2.78. The van der Waals surface area contributed by atoms with Gasteiger partial charge in [0.1, 0.15) is 6.04 Å². The summed E-state index contributed by atoms with van der Waals surface area (Å²) in [6, 6.07) is 9.50. The highest BCUT2D eigenvalue weighted by Crippen LogP contribution is 2.17. The van der Waals surface area contributed by atoms with Crippen LogP contribution in [0.2, 0.25) is 0 Å². The van der Waals surface area contributed by atoms with E-state index in [1.807, 2.05) is 30.3 Å². The fraction of sp³-hybridized carbons (Fsp3) is 0.529. The highest BCUT2D eigenvalue weighted by Gasteiger charge is 2.29. The molecule has 5 heteroatoms. The molecule has 0 amide bonds. The summed E-state index contributed by atoms with van der Waals surface area (Å²) in [4.78, 5) is 24.7. The normalized spacial score (nSPS) is 18.8. The molecule has 1 aliphatic heterocycles. The van der Waals surface area contributed by atoms with Gasteiger partial charge in [0.25, 0.3) is 0 Å². The summed E-state index contributed by atoms with van der Waals surface area (Å²) >= 11 is 0. The molecule has 0 aromatic heterocycles. The maximum Gasteiger partial charge on any atom is 0.320 e. The minimum absolute atomic E-state index is 0.0717. The van der Waals surface area contributed by atoms with E-state index in [-0.39, 0.29) is 12.5 Å². The van der Waals surface area contributed by atoms with Crippen LogP contribution in [0.5, 0.6) is 0 Å². The van der Waals surface area contributed by atoms with Crippen molar-refractivity contribution in [3.8, 4) is 0 Å². The number of hydrogen-bond donors (Lipinski definition) is 1. The second kappa shape index (κ2) is 8.54. The Morgan fingerprint density at radius 1 is 1.23 bits per heavy atom. The molecule has 1 heterocycles. The Hall–Kier alpha value is -1.88. The van der Waals surface area contributed by atoms with Gasteiger partial charge >= 0.3 is 11.9 Å². The van der Waals surface area contributed by atoms with Crippen LogP contribution in [-0.4, -0.2) is 47.7 Å². The lowest BCUT2D eigenvalue weighted by atomic mass is 10.0. The molecule has 1 aromatic rings. The van der Waals surface area contributed by atoms with Crippen molar-refractivity contribution in [1.29, 1.82) is 0 Å². The van der Waals surface area contributed by atoms with Crippen LogP contribution >= 0.6 is 0 Å². The molecule has 0 radical (unpaired) electrons. The molecule has 0 bridgehead atoms. The number of aryl methyl sites for hydroxylation is 1. The van der Waals surface area contributed by atoms with E-state index in [9.17, 15) is 9.59 Å². The second-order valence-electron chi connectivity index (χ2n) is 5.63. The van der Waals surface area contributed by atoms with Crippen LogP contribution in [0.25, 0.3) is 0 Å². The number of carbonyl (C=O) groups excluding carboxylic acids is 1. The summed E-state index contributed by atoms with van der Waals surface area (Å²) in [5.41, 5.74) is 1.22. The number of aliphatic carboxylic acids is 1. The molecule has 0 aliphatic carbocycles. The maximum absolute atomic E-state index is 11.8. The van der Waals surface area contributed by atoms with Crippen LogP contribution in [0.15, 0.2) is 30.3 Å². The van der Waals surface area contributed by atoms with Gasteiger partial charge < -0.3 is 9.84 Å². The van der Waals surface area contributed by atoms with E-state index in [0.717, 1.165) is 25.7 Å². The molecular formula is C17H23NO4. The number of nitrogens with zero attached hydrogens (tertiary/aromatic N) is 1. The smallest absolute Gasteiger partial charge is 0.320 e. The first-order chi connectivity index (χ1) is 10.7. The topological polar surface area (TPSA) is 66.8 Å². The van der Waals surface area contributed by atoms with Crippen molar-refractivity contribution in [3.05, 3.63) is 35.9 Å². The van der Waals surface area contributed by atoms with Crippen molar-refractivity contribution < 1.29 is 19.4 Å². The van der Waals surface area contributed by atoms with Gasteiger partial charge in [0.15, 0.2) is 0 Å². The number of carboxylic acids is 1. The molecule has 1 aliphatic rings. The van der Waals surface area contributed by atoms with Gasteiger partial charge in [-0.2, -0.15) is 0 Å². The largest absolute Gasteiger partial charge is 0.480 e. The maximum atomic E-state index is 11.8. The van der Waals surface area contributed by atoms with E-state index in [2.05, 4.69) is 0 Å². The molecule has 22 heavy (non-hydrogen) atoms. The first-order valence-electron chi connectivity index (χ1n) is 7.83. The molecule has 1 unspecified atom stereocenters. The Balaban J connectivity index is 1.67. The number of ether oxygens (including phenoxy) is 1. The molecule has 1 N–H and O–H groups in total. The van der Waals surface area contributed by atoms with Crippen molar-refractivity contribution in [2.45, 2.75) is 38.1 Å². The number of carbonyl (C=O) groups is 2. The minimum Gasteiger partial charge on any atom is -0.480 e. The minimum atomic E-state index is -0.850. The SMILES string of the molecule is O=C(CN1CCCCC1C(=O)O)OCCCc1ccccc1. The van der Waals surface area contributed by atoms with E-state index in [1.165, 1.54) is 5.56 Å². The van der Waals surface area contributed by atoms with Gasteiger partial charge in [0.2, 0.25) is 0 Å². The van der Waals surface area contributed by atoms with Crippen LogP contribution in [0.4, 0.5) is 0 Å². The molecule has 0 spiro atoms. The standard InChI is InChI=1S/C17H23NO4/c19-16(13-18-11-5-4-10-15(18)17(20)21)22-12-6-9-14-7-2-1-3-8-14/h1-3,7-8,15H,4-6,9-13H2,(H,20,21). The van der Waals surface area contributed by atoms with Crippen LogP contribution in [0.1, 0.15) is 31.2 Å². The fourth-order valence-corrected chi connectivity index (χ4v) is 2.78. The lowest BCUT2D eigenvalue weighted by Crippen LogP contribution is -2.47. The number of benzene rings is 1. The number of esters is 1. The summed E-state index contributed by atoms with van der Waals surface area (Å²) in [6.07, 6.45) is 4.09. The number of rotatable bonds is 7. The van der Waals surface area contributed by atoms with E-state index >= 15 is 0 Å². The highest BCUT2D eigenvalue weighted by molar-refractivity contribution is 5.76. The predicted molar refractivity (Wildman–Crippen MR) is 82.6 cm³/mol. The van der Waals surface area contributed by atoms with Crippen LogP contribution in [-0.2, 0) is 20.7 Å². The van der Waals surface area contributed by atoms with Crippen LogP contribution in [0, 0.1) is 0 Å². The zero-order chi connectivity index (χ0) is 15.8. The first kappa shape index (κ1) is 16.5. The number of piperidine rings is 1. The van der Waals surface area contributed by atoms with Crippen molar-refractivity contribution in [2.75, 3.05) is 19.7 Å². The molecule has 2 rings (SSSR count). The summed E-state index contributed by atoms with van der Waals surface area (Å²) in [6.45, 7) is 1.09. The van der Waals surface area contributed by atoms with Crippen molar-refractivity contribution in [3.63, 3.8) is 0 Å². The molecule has 1 atom stereocenters. The Kier molecular flexibility index (Phi) is 6.40. The van der Waals surface area contributed by atoms with Gasteiger partial charge in [-0.25, -0.2) is 0 Å². The zero-order valence-corrected chi connectivity index (χ0v) is 12.7. The Morgan fingerprint density at radius 2 is 2.00 bits per heavy atom. The van der Waals surface area contributed by atoms with Gasteiger partial charge in [-0.3, -0.25) is 14.5 Å². The predicted octanol–water partition coefficient (Wildman–Crippen LogP) is 2.10. The van der Waals surface area contributed by atoms with Crippen molar-refractivity contribution in [2.24, 2.45) is 0 Å². The van der Waals surface area contributed by atoms with Crippen LogP contribution < -0.4 is 0 Å². The molecule has 1 saturated heterocycles. The second-order valence-corrected chi connectivity index (χ2v) is 5.63. The van der Waals surface area contributed by atoms with E-state index in [4.69, 9.17) is 9.84 Å². The first-order valence-corrected chi connectivity index (χ1v) is 7.83. The van der Waals surface area contributed by atoms with Crippen molar-refractivity contribution >= 4 is 11.9 Å². The number of carboxylic acid groups (broad SMARTS) is 1.